The predicted molar refractivity (Wildman–Crippen MR) is 48.5 cm³/mol. The molecular formula is C7H17N5. The highest BCUT2D eigenvalue weighted by Crippen LogP contribution is 2.05. The molecule has 70 valence electrons. The third kappa shape index (κ3) is 2.67. The number of nitrogens with two attached hydrogens (primary N) is 2. The number of rotatable bonds is 3. The van der Waals surface area contributed by atoms with Crippen LogP contribution in [0.15, 0.2) is 0 Å². The third-order valence-corrected chi connectivity index (χ3v) is 2.17. The first-order chi connectivity index (χ1) is 5.70. The average molecular weight is 171 g/mol. The van der Waals surface area contributed by atoms with E-state index in [1.165, 1.54) is 17.9 Å². The van der Waals surface area contributed by atoms with E-state index < -0.39 is 0 Å². The zero-order valence-corrected chi connectivity index (χ0v) is 7.29. The molecule has 1 heterocycles. The highest BCUT2D eigenvalue weighted by molar-refractivity contribution is 5.73. The van der Waals surface area contributed by atoms with Gasteiger partial charge in [-0.25, -0.2) is 5.84 Å². The van der Waals surface area contributed by atoms with Gasteiger partial charge in [-0.2, -0.15) is 0 Å². The van der Waals surface area contributed by atoms with E-state index in [9.17, 15) is 0 Å². The normalized spacial score (nSPS) is 18.1. The molecule has 0 aromatic heterocycles. The predicted octanol–water partition coefficient (Wildman–Crippen LogP) is -0.849. The summed E-state index contributed by atoms with van der Waals surface area (Å²) in [6.07, 6.45) is 2.56. The van der Waals surface area contributed by atoms with Crippen LogP contribution in [0.25, 0.3) is 0 Å². The van der Waals surface area contributed by atoms with Gasteiger partial charge < -0.3 is 10.6 Å². The molecule has 0 aromatic rings. The van der Waals surface area contributed by atoms with Gasteiger partial charge in [-0.15, -0.1) is 0 Å². The summed E-state index contributed by atoms with van der Waals surface area (Å²) in [7, 11) is 0. The van der Waals surface area contributed by atoms with Crippen LogP contribution < -0.4 is 11.6 Å². The van der Waals surface area contributed by atoms with Crippen molar-refractivity contribution in [2.75, 3.05) is 26.2 Å². The summed E-state index contributed by atoms with van der Waals surface area (Å²) in [5.74, 6) is 5.39. The van der Waals surface area contributed by atoms with E-state index in [2.05, 4.69) is 4.90 Å². The van der Waals surface area contributed by atoms with Crippen LogP contribution in [-0.2, 0) is 0 Å². The summed E-state index contributed by atoms with van der Waals surface area (Å²) in [5.41, 5.74) is 5.19. The lowest BCUT2D eigenvalue weighted by Gasteiger charge is -2.20. The molecule has 1 saturated heterocycles. The zero-order valence-electron chi connectivity index (χ0n) is 7.29. The molecule has 0 aromatic carbocycles. The van der Waals surface area contributed by atoms with Crippen molar-refractivity contribution in [3.8, 4) is 0 Å². The third-order valence-electron chi connectivity index (χ3n) is 2.17. The molecule has 0 amide bonds. The maximum atomic E-state index is 7.03. The molecule has 0 radical (unpaired) electrons. The summed E-state index contributed by atoms with van der Waals surface area (Å²) in [5, 5.41) is 8.31. The molecule has 1 fully saturated rings. The number of guanidine groups is 1. The number of nitrogens with one attached hydrogen (secondary N) is 1. The van der Waals surface area contributed by atoms with Crippen molar-refractivity contribution in [2.24, 2.45) is 11.6 Å². The van der Waals surface area contributed by atoms with Gasteiger partial charge in [0.1, 0.15) is 0 Å². The van der Waals surface area contributed by atoms with Crippen molar-refractivity contribution < 1.29 is 0 Å². The first-order valence-electron chi connectivity index (χ1n) is 4.29. The van der Waals surface area contributed by atoms with Crippen LogP contribution in [0.2, 0.25) is 0 Å². The van der Waals surface area contributed by atoms with Gasteiger partial charge in [0.15, 0.2) is 0 Å². The van der Waals surface area contributed by atoms with Gasteiger partial charge in [0.2, 0.25) is 5.96 Å². The molecule has 0 spiro atoms. The Morgan fingerprint density at radius 1 is 1.42 bits per heavy atom. The molecule has 0 atom stereocenters. The minimum atomic E-state index is -0.0609. The summed E-state index contributed by atoms with van der Waals surface area (Å²) < 4.78 is 0. The van der Waals surface area contributed by atoms with Crippen LogP contribution >= 0.6 is 0 Å². The smallest absolute Gasteiger partial charge is 0.202 e. The molecule has 12 heavy (non-hydrogen) atoms. The van der Waals surface area contributed by atoms with Crippen LogP contribution in [0, 0.1) is 5.41 Å². The Balaban J connectivity index is 2.11. The Morgan fingerprint density at radius 2 is 2.00 bits per heavy atom. The van der Waals surface area contributed by atoms with Crippen LogP contribution in [0.4, 0.5) is 0 Å². The fourth-order valence-electron chi connectivity index (χ4n) is 1.38. The minimum Gasteiger partial charge on any atom is -0.369 e. The van der Waals surface area contributed by atoms with E-state index >= 15 is 0 Å². The monoisotopic (exact) mass is 171 g/mol. The van der Waals surface area contributed by atoms with Crippen molar-refractivity contribution in [2.45, 2.75) is 12.8 Å². The molecule has 0 saturated carbocycles. The lowest BCUT2D eigenvalue weighted by molar-refractivity contribution is 0.292. The number of hydrogen-bond acceptors (Lipinski definition) is 3. The van der Waals surface area contributed by atoms with Gasteiger partial charge in [0.05, 0.1) is 0 Å². The molecule has 0 unspecified atom stereocenters. The maximum Gasteiger partial charge on any atom is 0.202 e. The number of hydrazine groups is 1. The van der Waals surface area contributed by atoms with E-state index in [1.54, 1.807) is 0 Å². The van der Waals surface area contributed by atoms with E-state index in [-0.39, 0.29) is 5.96 Å². The van der Waals surface area contributed by atoms with Crippen molar-refractivity contribution in [3.63, 3.8) is 0 Å². The minimum absolute atomic E-state index is 0.0609. The lowest BCUT2D eigenvalue weighted by atomic mass is 10.4. The molecule has 0 aliphatic carbocycles. The van der Waals surface area contributed by atoms with E-state index in [0.717, 1.165) is 19.6 Å². The Labute approximate surface area is 72.8 Å². The molecule has 5 N–H and O–H groups in total. The van der Waals surface area contributed by atoms with Crippen LogP contribution in [0.1, 0.15) is 12.8 Å². The summed E-state index contributed by atoms with van der Waals surface area (Å²) in [4.78, 5) is 2.34. The van der Waals surface area contributed by atoms with Crippen molar-refractivity contribution in [1.82, 2.24) is 9.91 Å². The van der Waals surface area contributed by atoms with Gasteiger partial charge in [-0.1, -0.05) is 0 Å². The molecule has 5 heteroatoms. The summed E-state index contributed by atoms with van der Waals surface area (Å²) in [6.45, 7) is 3.88. The topological polar surface area (TPSA) is 82.4 Å². The lowest BCUT2D eigenvalue weighted by Crippen LogP contribution is -2.45. The van der Waals surface area contributed by atoms with Gasteiger partial charge in [0.25, 0.3) is 0 Å². The molecule has 1 aliphatic rings. The van der Waals surface area contributed by atoms with Gasteiger partial charge in [-0.3, -0.25) is 10.4 Å². The Hall–Kier alpha value is -0.810. The first kappa shape index (κ1) is 9.28. The van der Waals surface area contributed by atoms with E-state index in [4.69, 9.17) is 17.0 Å². The van der Waals surface area contributed by atoms with Gasteiger partial charge in [0, 0.05) is 13.1 Å². The largest absolute Gasteiger partial charge is 0.369 e. The Kier molecular flexibility index (Phi) is 3.31. The molecule has 1 rings (SSSR count). The molecule has 1 aliphatic heterocycles. The van der Waals surface area contributed by atoms with E-state index in [1.807, 2.05) is 0 Å². The van der Waals surface area contributed by atoms with Gasteiger partial charge >= 0.3 is 0 Å². The van der Waals surface area contributed by atoms with Crippen molar-refractivity contribution in [1.29, 1.82) is 5.41 Å². The van der Waals surface area contributed by atoms with Gasteiger partial charge in [-0.05, 0) is 25.9 Å². The molecule has 5 nitrogen and oxygen atoms in total. The molecule has 0 bridgehead atoms. The van der Waals surface area contributed by atoms with Crippen molar-refractivity contribution >= 4 is 5.96 Å². The fourth-order valence-corrected chi connectivity index (χ4v) is 1.38. The fraction of sp³-hybridized carbons (Fsp3) is 0.857. The van der Waals surface area contributed by atoms with Crippen LogP contribution in [0.3, 0.4) is 0 Å². The first-order valence-corrected chi connectivity index (χ1v) is 4.29. The van der Waals surface area contributed by atoms with Crippen LogP contribution in [0.5, 0.6) is 0 Å². The number of likely N-dealkylation sites (tertiary alicyclic amines) is 1. The Morgan fingerprint density at radius 3 is 2.50 bits per heavy atom. The summed E-state index contributed by atoms with van der Waals surface area (Å²) in [6, 6.07) is 0. The van der Waals surface area contributed by atoms with E-state index in [0.29, 0.717) is 6.54 Å². The average Bonchev–Trinajstić information content (AvgIpc) is 2.51. The highest BCUT2D eigenvalue weighted by Gasteiger charge is 2.11. The zero-order chi connectivity index (χ0) is 8.97. The SMILES string of the molecule is N=C(N)N(N)CCN1CCCC1. The van der Waals surface area contributed by atoms with Crippen molar-refractivity contribution in [3.05, 3.63) is 0 Å². The molecular weight excluding hydrogens is 154 g/mol. The second-order valence-corrected chi connectivity index (χ2v) is 3.13. The summed E-state index contributed by atoms with van der Waals surface area (Å²) >= 11 is 0. The Bertz CT molecular complexity index is 152. The second kappa shape index (κ2) is 4.27. The van der Waals surface area contributed by atoms with Crippen LogP contribution in [-0.4, -0.2) is 42.0 Å². The number of nitrogens with zero attached hydrogens (tertiary/aromatic N) is 2. The standard InChI is InChI=1S/C7H17N5/c8-7(9)12(10)6-5-11-3-1-2-4-11/h1-6,10H2,(H3,8,9). The number of hydrogen-bond donors (Lipinski definition) is 3. The second-order valence-electron chi connectivity index (χ2n) is 3.13. The maximum absolute atomic E-state index is 7.03. The highest BCUT2D eigenvalue weighted by atomic mass is 15.5. The quantitative estimate of drug-likeness (QED) is 0.223.